The highest BCUT2D eigenvalue weighted by Gasteiger charge is 2.86. The van der Waals surface area contributed by atoms with Crippen molar-refractivity contribution in [2.75, 3.05) is 17.3 Å². The number of carbonyl (C=O) groups is 1. The summed E-state index contributed by atoms with van der Waals surface area (Å²) in [6.45, 7) is 6.49. The molecule has 0 aromatic rings. The molecule has 0 saturated heterocycles. The highest BCUT2D eigenvalue weighted by atomic mass is 32.3. The Bertz CT molecular complexity index is 706. The summed E-state index contributed by atoms with van der Waals surface area (Å²) in [4.78, 5) is 12.2. The van der Waals surface area contributed by atoms with Crippen molar-refractivity contribution in [1.82, 2.24) is 0 Å². The van der Waals surface area contributed by atoms with Gasteiger partial charge < -0.3 is 0 Å². The molecule has 0 aromatic carbocycles. The van der Waals surface area contributed by atoms with Crippen LogP contribution in [-0.4, -0.2) is 54.7 Å². The molecule has 0 fully saturated rings. The minimum absolute atomic E-state index is 0.443. The van der Waals surface area contributed by atoms with E-state index >= 15 is 0 Å². The predicted octanol–water partition coefficient (Wildman–Crippen LogP) is 5.13. The van der Waals surface area contributed by atoms with Gasteiger partial charge in [0.05, 0.1) is 5.75 Å². The number of alkyl halides is 9. The van der Waals surface area contributed by atoms with Gasteiger partial charge in [-0.2, -0.15) is 47.9 Å². The molecular weight excluding hydrogens is 467 g/mol. The van der Waals surface area contributed by atoms with Gasteiger partial charge in [0.2, 0.25) is 0 Å². The largest absolute Gasteiger partial charge is 0.460 e. The first-order valence-corrected chi connectivity index (χ1v) is 11.4. The number of rotatable bonds is 9. The van der Waals surface area contributed by atoms with E-state index in [-0.39, 0.29) is 0 Å². The number of hydrogen-bond donors (Lipinski definition) is 0. The van der Waals surface area contributed by atoms with Crippen LogP contribution in [0.2, 0.25) is 0 Å². The van der Waals surface area contributed by atoms with Gasteiger partial charge in [-0.1, -0.05) is 34.6 Å². The van der Waals surface area contributed by atoms with Crippen LogP contribution in [0, 0.1) is 5.41 Å². The Morgan fingerprint density at radius 3 is 1.45 bits per heavy atom. The van der Waals surface area contributed by atoms with Crippen LogP contribution in [0.25, 0.3) is 0 Å². The van der Waals surface area contributed by atoms with Crippen LogP contribution >= 0.6 is 10.3 Å². The lowest BCUT2D eigenvalue weighted by molar-refractivity contribution is -0.382. The van der Waals surface area contributed by atoms with Crippen molar-refractivity contribution >= 4 is 26.2 Å². The Hall–Kier alpha value is -0.700. The summed E-state index contributed by atoms with van der Waals surface area (Å²) in [6, 6.07) is 0. The molecule has 0 unspecified atom stereocenters. The Morgan fingerprint density at radius 2 is 1.17 bits per heavy atom. The van der Waals surface area contributed by atoms with Crippen LogP contribution in [-0.2, 0) is 18.5 Å². The smallest absolute Gasteiger partial charge is 0.298 e. The van der Waals surface area contributed by atoms with Crippen LogP contribution in [0.15, 0.2) is 0 Å². The molecule has 0 aliphatic rings. The first-order chi connectivity index (χ1) is 12.5. The maximum absolute atomic E-state index is 13.9. The van der Waals surface area contributed by atoms with Gasteiger partial charge in [0.15, 0.2) is 0 Å². The third-order valence-corrected chi connectivity index (χ3v) is 9.59. The lowest BCUT2D eigenvalue weighted by Crippen LogP contribution is -2.63. The van der Waals surface area contributed by atoms with Crippen molar-refractivity contribution in [2.45, 2.75) is 57.9 Å². The zero-order chi connectivity index (χ0) is 23.9. The third-order valence-electron chi connectivity index (χ3n) is 3.95. The summed E-state index contributed by atoms with van der Waals surface area (Å²) < 4.78 is 145. The summed E-state index contributed by atoms with van der Waals surface area (Å²) >= 11 is 0. The van der Waals surface area contributed by atoms with Crippen molar-refractivity contribution in [1.29, 1.82) is 0 Å². The minimum Gasteiger partial charge on any atom is -0.298 e. The van der Waals surface area contributed by atoms with E-state index < -0.39 is 72.2 Å². The molecule has 0 radical (unpaired) electrons. The summed E-state index contributed by atoms with van der Waals surface area (Å²) in [7, 11) is -10.4. The van der Waals surface area contributed by atoms with Gasteiger partial charge in [-0.05, 0) is 11.5 Å². The molecule has 0 aliphatic carbocycles. The van der Waals surface area contributed by atoms with Gasteiger partial charge >= 0.3 is 33.4 Å². The van der Waals surface area contributed by atoms with Crippen molar-refractivity contribution in [3.63, 3.8) is 0 Å². The Morgan fingerprint density at radius 1 is 0.793 bits per heavy atom. The molecule has 0 amide bonds. The van der Waals surface area contributed by atoms with Gasteiger partial charge in [0.1, 0.15) is 5.78 Å². The summed E-state index contributed by atoms with van der Waals surface area (Å²) in [5.41, 5.74) is -1.12. The van der Waals surface area contributed by atoms with Crippen molar-refractivity contribution < 1.29 is 56.4 Å². The number of hydrogen-bond acceptors (Lipinski definition) is 4. The molecule has 0 atom stereocenters. The van der Waals surface area contributed by atoms with E-state index in [2.05, 4.69) is 3.63 Å². The Labute approximate surface area is 163 Å². The van der Waals surface area contributed by atoms with Crippen LogP contribution in [0.4, 0.5) is 39.5 Å². The van der Waals surface area contributed by atoms with E-state index in [9.17, 15) is 52.7 Å². The fourth-order valence-electron chi connectivity index (χ4n) is 1.73. The maximum atomic E-state index is 13.9. The van der Waals surface area contributed by atoms with Crippen LogP contribution < -0.4 is 0 Å². The minimum atomic E-state index is -7.38. The average Bonchev–Trinajstić information content (AvgIpc) is 2.51. The molecule has 0 bridgehead atoms. The van der Waals surface area contributed by atoms with E-state index in [0.29, 0.717) is 0 Å². The second-order valence-corrected chi connectivity index (χ2v) is 12.4. The van der Waals surface area contributed by atoms with Crippen molar-refractivity contribution in [2.24, 2.45) is 5.41 Å². The van der Waals surface area contributed by atoms with Crippen LogP contribution in [0.5, 0.6) is 0 Å². The van der Waals surface area contributed by atoms with Gasteiger partial charge in [-0.3, -0.25) is 4.79 Å². The fraction of sp³-hybridized carbons (Fsp3) is 0.929. The molecule has 0 spiro atoms. The SMILES string of the molecule is CCS(CC)(CC(=O)C(C)(C)C)OS(=O)(=O)C(F)(F)C(F)(F)C(F)(F)C(F)(F)F. The van der Waals surface area contributed by atoms with E-state index in [4.69, 9.17) is 0 Å². The van der Waals surface area contributed by atoms with Crippen LogP contribution in [0.1, 0.15) is 34.6 Å². The summed E-state index contributed by atoms with van der Waals surface area (Å²) in [6.07, 6.45) is -7.17. The molecule has 0 rings (SSSR count). The summed E-state index contributed by atoms with van der Waals surface area (Å²) in [5, 5.41) is -6.94. The molecule has 15 heteroatoms. The van der Waals surface area contributed by atoms with Gasteiger partial charge in [-0.15, -0.1) is 10.3 Å². The molecule has 0 N–H and O–H groups in total. The number of Topliss-reactive ketones (excluding diaryl/α,β-unsaturated/α-hetero) is 1. The molecule has 176 valence electrons. The third kappa shape index (κ3) is 5.14. The molecule has 0 heterocycles. The first-order valence-electron chi connectivity index (χ1n) is 7.91. The lowest BCUT2D eigenvalue weighted by atomic mass is 9.92. The number of carbonyl (C=O) groups excluding carboxylic acids is 1. The lowest BCUT2D eigenvalue weighted by Gasteiger charge is -2.40. The topological polar surface area (TPSA) is 60.4 Å². The predicted molar refractivity (Wildman–Crippen MR) is 88.9 cm³/mol. The summed E-state index contributed by atoms with van der Waals surface area (Å²) in [5.74, 6) is -17.2. The molecule has 0 aliphatic heterocycles. The second kappa shape index (κ2) is 8.09. The first kappa shape index (κ1) is 28.3. The van der Waals surface area contributed by atoms with E-state index in [1.165, 1.54) is 34.6 Å². The Balaban J connectivity index is 6.29. The number of halogens is 9. The molecule has 29 heavy (non-hydrogen) atoms. The zero-order valence-electron chi connectivity index (χ0n) is 16.0. The number of ketones is 1. The highest BCUT2D eigenvalue weighted by molar-refractivity contribution is 8.33. The van der Waals surface area contributed by atoms with Crippen molar-refractivity contribution in [3.8, 4) is 0 Å². The van der Waals surface area contributed by atoms with E-state index in [1.807, 2.05) is 0 Å². The quantitative estimate of drug-likeness (QED) is 0.422. The average molecular weight is 488 g/mol. The maximum Gasteiger partial charge on any atom is 0.460 e. The molecular formula is C14H21F9O4S2. The molecule has 4 nitrogen and oxygen atoms in total. The van der Waals surface area contributed by atoms with Crippen molar-refractivity contribution in [3.05, 3.63) is 0 Å². The molecule has 0 aromatic heterocycles. The monoisotopic (exact) mass is 488 g/mol. The molecule has 0 saturated carbocycles. The van der Waals surface area contributed by atoms with Gasteiger partial charge in [0, 0.05) is 5.41 Å². The van der Waals surface area contributed by atoms with E-state index in [0.717, 1.165) is 0 Å². The van der Waals surface area contributed by atoms with Gasteiger partial charge in [0.25, 0.3) is 0 Å². The standard InChI is InChI=1S/C14H21F9O4S2/c1-6-28(7-2,8-9(24)10(3,4)5)27-29(25,26)14(22,23)12(17,18)11(15,16)13(19,20)21/h6-8H2,1-5H3. The van der Waals surface area contributed by atoms with Crippen LogP contribution in [0.3, 0.4) is 0 Å². The fourth-order valence-corrected chi connectivity index (χ4v) is 6.73. The van der Waals surface area contributed by atoms with Gasteiger partial charge in [-0.25, -0.2) is 3.63 Å². The normalized spacial score (nSPS) is 16.1. The second-order valence-electron chi connectivity index (χ2n) is 7.05. The highest BCUT2D eigenvalue weighted by Crippen LogP contribution is 2.59. The van der Waals surface area contributed by atoms with E-state index in [1.54, 1.807) is 0 Å². The Kier molecular flexibility index (Phi) is 7.90. The zero-order valence-corrected chi connectivity index (χ0v) is 17.6.